The smallest absolute Gasteiger partial charge is 0.120 e. The van der Waals surface area contributed by atoms with E-state index in [1.54, 1.807) is 18.4 Å². The third kappa shape index (κ3) is 3.21. The molecule has 1 aromatic carbocycles. The van der Waals surface area contributed by atoms with E-state index in [9.17, 15) is 0 Å². The lowest BCUT2D eigenvalue weighted by Gasteiger charge is -2.28. The molecule has 1 heterocycles. The highest BCUT2D eigenvalue weighted by atomic mass is 35.5. The van der Waals surface area contributed by atoms with E-state index in [0.717, 1.165) is 21.3 Å². The predicted octanol–water partition coefficient (Wildman–Crippen LogP) is 3.55. The second kappa shape index (κ2) is 6.28. The first-order valence-electron chi connectivity index (χ1n) is 5.96. The maximum atomic E-state index is 5.99. The van der Waals surface area contributed by atoms with Crippen LogP contribution in [0.2, 0.25) is 5.02 Å². The zero-order chi connectivity index (χ0) is 13.8. The van der Waals surface area contributed by atoms with Crippen LogP contribution in [0, 0.1) is 0 Å². The monoisotopic (exact) mass is 296 g/mol. The highest BCUT2D eigenvalue weighted by Gasteiger charge is 2.18. The molecule has 2 N–H and O–H groups in total. The lowest BCUT2D eigenvalue weighted by atomic mass is 10.2. The molecule has 0 radical (unpaired) electrons. The summed E-state index contributed by atoms with van der Waals surface area (Å²) >= 11 is 7.62. The Morgan fingerprint density at radius 2 is 2.21 bits per heavy atom. The van der Waals surface area contributed by atoms with E-state index in [4.69, 9.17) is 22.1 Å². The molecule has 1 atom stereocenters. The van der Waals surface area contributed by atoms with Crippen LogP contribution in [0.15, 0.2) is 35.7 Å². The fourth-order valence-corrected chi connectivity index (χ4v) is 3.22. The molecule has 0 saturated heterocycles. The van der Waals surface area contributed by atoms with Gasteiger partial charge in [-0.15, -0.1) is 11.3 Å². The molecule has 0 aliphatic carbocycles. The summed E-state index contributed by atoms with van der Waals surface area (Å²) in [4.78, 5) is 3.31. The number of nitrogens with zero attached hydrogens (tertiary/aromatic N) is 1. The Morgan fingerprint density at radius 1 is 1.42 bits per heavy atom. The van der Waals surface area contributed by atoms with Crippen LogP contribution in [0.25, 0.3) is 0 Å². The number of hydrogen-bond acceptors (Lipinski definition) is 4. The Morgan fingerprint density at radius 3 is 2.79 bits per heavy atom. The largest absolute Gasteiger partial charge is 0.497 e. The number of hydrogen-bond donors (Lipinski definition) is 1. The van der Waals surface area contributed by atoms with Crippen molar-refractivity contribution in [1.82, 2.24) is 0 Å². The van der Waals surface area contributed by atoms with Crippen molar-refractivity contribution in [2.45, 2.75) is 6.04 Å². The normalized spacial score (nSPS) is 12.2. The van der Waals surface area contributed by atoms with Gasteiger partial charge in [0.1, 0.15) is 5.75 Å². The minimum absolute atomic E-state index is 0.115. The summed E-state index contributed by atoms with van der Waals surface area (Å²) in [6, 6.07) is 10.0. The van der Waals surface area contributed by atoms with Crippen molar-refractivity contribution in [3.8, 4) is 5.75 Å². The van der Waals surface area contributed by atoms with Gasteiger partial charge in [0.25, 0.3) is 0 Å². The summed E-state index contributed by atoms with van der Waals surface area (Å²) in [5.41, 5.74) is 6.98. The van der Waals surface area contributed by atoms with Crippen LogP contribution in [-0.2, 0) is 0 Å². The second-order valence-electron chi connectivity index (χ2n) is 4.23. The van der Waals surface area contributed by atoms with Gasteiger partial charge in [0.2, 0.25) is 0 Å². The predicted molar refractivity (Wildman–Crippen MR) is 82.5 cm³/mol. The van der Waals surface area contributed by atoms with Crippen molar-refractivity contribution in [1.29, 1.82) is 0 Å². The number of rotatable bonds is 5. The van der Waals surface area contributed by atoms with E-state index >= 15 is 0 Å². The zero-order valence-electron chi connectivity index (χ0n) is 11.0. The molecule has 0 bridgehead atoms. The zero-order valence-corrected chi connectivity index (χ0v) is 12.5. The third-order valence-corrected chi connectivity index (χ3v) is 4.45. The van der Waals surface area contributed by atoms with Crippen molar-refractivity contribution >= 4 is 28.6 Å². The van der Waals surface area contributed by atoms with E-state index in [-0.39, 0.29) is 6.04 Å². The number of anilines is 1. The number of nitrogens with two attached hydrogens (primary N) is 1. The summed E-state index contributed by atoms with van der Waals surface area (Å²) in [6.45, 7) is 0.532. The number of thiophene rings is 1. The molecule has 0 amide bonds. The first kappa shape index (κ1) is 14.2. The van der Waals surface area contributed by atoms with Crippen LogP contribution < -0.4 is 15.4 Å². The van der Waals surface area contributed by atoms with Crippen molar-refractivity contribution in [3.63, 3.8) is 0 Å². The number of ether oxygens (including phenoxy) is 1. The van der Waals surface area contributed by atoms with Crippen LogP contribution in [0.4, 0.5) is 5.69 Å². The SMILES string of the molecule is COc1cccc(N(C)C(CN)c2cc(Cl)cs2)c1. The van der Waals surface area contributed by atoms with Gasteiger partial charge in [0.15, 0.2) is 0 Å². The molecular formula is C14H17ClN2OS. The van der Waals surface area contributed by atoms with Crippen molar-refractivity contribution in [3.05, 3.63) is 45.6 Å². The molecule has 0 aliphatic heterocycles. The molecule has 0 saturated carbocycles. The minimum atomic E-state index is 0.115. The van der Waals surface area contributed by atoms with Crippen LogP contribution in [0.5, 0.6) is 5.75 Å². The number of likely N-dealkylation sites (N-methyl/N-ethyl adjacent to an activating group) is 1. The molecule has 2 rings (SSSR count). The highest BCUT2D eigenvalue weighted by molar-refractivity contribution is 7.10. The first-order valence-corrected chi connectivity index (χ1v) is 7.22. The Labute approximate surface area is 122 Å². The maximum Gasteiger partial charge on any atom is 0.120 e. The third-order valence-electron chi connectivity index (χ3n) is 3.07. The summed E-state index contributed by atoms with van der Waals surface area (Å²) in [5.74, 6) is 0.837. The Balaban J connectivity index is 2.27. The first-order chi connectivity index (χ1) is 9.15. The molecule has 2 aromatic rings. The second-order valence-corrected chi connectivity index (χ2v) is 5.61. The van der Waals surface area contributed by atoms with Gasteiger partial charge in [0, 0.05) is 35.6 Å². The van der Waals surface area contributed by atoms with E-state index in [1.807, 2.05) is 42.8 Å². The van der Waals surface area contributed by atoms with Gasteiger partial charge >= 0.3 is 0 Å². The maximum absolute atomic E-state index is 5.99. The molecule has 1 unspecified atom stereocenters. The molecule has 3 nitrogen and oxygen atoms in total. The molecule has 1 aromatic heterocycles. The van der Waals surface area contributed by atoms with Gasteiger partial charge in [-0.3, -0.25) is 0 Å². The van der Waals surface area contributed by atoms with Gasteiger partial charge in [-0.25, -0.2) is 0 Å². The highest BCUT2D eigenvalue weighted by Crippen LogP contribution is 2.32. The van der Waals surface area contributed by atoms with Gasteiger partial charge in [-0.05, 0) is 18.2 Å². The quantitative estimate of drug-likeness (QED) is 0.917. The van der Waals surface area contributed by atoms with Crippen LogP contribution in [-0.4, -0.2) is 20.7 Å². The Hall–Kier alpha value is -1.23. The fourth-order valence-electron chi connectivity index (χ4n) is 1.98. The topological polar surface area (TPSA) is 38.5 Å². The Kier molecular flexibility index (Phi) is 4.69. The molecule has 0 spiro atoms. The van der Waals surface area contributed by atoms with Crippen LogP contribution >= 0.6 is 22.9 Å². The van der Waals surface area contributed by atoms with Gasteiger partial charge in [0.05, 0.1) is 18.2 Å². The molecule has 0 aliphatic rings. The van der Waals surface area contributed by atoms with Crippen LogP contribution in [0.1, 0.15) is 10.9 Å². The molecule has 102 valence electrons. The van der Waals surface area contributed by atoms with Crippen molar-refractivity contribution < 1.29 is 4.74 Å². The van der Waals surface area contributed by atoms with E-state index < -0.39 is 0 Å². The van der Waals surface area contributed by atoms with Gasteiger partial charge in [-0.2, -0.15) is 0 Å². The van der Waals surface area contributed by atoms with Gasteiger partial charge < -0.3 is 15.4 Å². The van der Waals surface area contributed by atoms with Crippen molar-refractivity contribution in [2.75, 3.05) is 25.6 Å². The average molecular weight is 297 g/mol. The minimum Gasteiger partial charge on any atom is -0.497 e. The van der Waals surface area contributed by atoms with E-state index in [2.05, 4.69) is 4.90 Å². The number of methoxy groups -OCH3 is 1. The lowest BCUT2D eigenvalue weighted by molar-refractivity contribution is 0.414. The standard InChI is InChI=1S/C14H17ClN2OS/c1-17(11-4-3-5-12(7-11)18-2)13(8-16)14-6-10(15)9-19-14/h3-7,9,13H,8,16H2,1-2H3. The van der Waals surface area contributed by atoms with Crippen LogP contribution in [0.3, 0.4) is 0 Å². The van der Waals surface area contributed by atoms with Crippen molar-refractivity contribution in [2.24, 2.45) is 5.73 Å². The van der Waals surface area contributed by atoms with E-state index in [0.29, 0.717) is 6.54 Å². The summed E-state index contributed by atoms with van der Waals surface area (Å²) < 4.78 is 5.25. The fraction of sp³-hybridized carbons (Fsp3) is 0.286. The molecule has 5 heteroatoms. The number of benzene rings is 1. The summed E-state index contributed by atoms with van der Waals surface area (Å²) in [5, 5.41) is 2.69. The average Bonchev–Trinajstić information content (AvgIpc) is 2.86. The lowest BCUT2D eigenvalue weighted by Crippen LogP contribution is -2.29. The number of halogens is 1. The Bertz CT molecular complexity index is 544. The molecule has 19 heavy (non-hydrogen) atoms. The van der Waals surface area contributed by atoms with E-state index in [1.165, 1.54) is 0 Å². The molecular weight excluding hydrogens is 280 g/mol. The molecule has 0 fully saturated rings. The summed E-state index contributed by atoms with van der Waals surface area (Å²) in [6.07, 6.45) is 0. The van der Waals surface area contributed by atoms with Gasteiger partial charge in [-0.1, -0.05) is 17.7 Å². The summed E-state index contributed by atoms with van der Waals surface area (Å²) in [7, 11) is 3.69.